The second-order valence-corrected chi connectivity index (χ2v) is 3.79. The van der Waals surface area contributed by atoms with E-state index in [4.69, 9.17) is 11.6 Å². The minimum atomic E-state index is -1.18. The molecule has 0 aliphatic heterocycles. The molecule has 0 saturated carbocycles. The van der Waals surface area contributed by atoms with Crippen LogP contribution >= 0.6 is 11.6 Å². The Morgan fingerprint density at radius 3 is 2.60 bits per heavy atom. The minimum absolute atomic E-state index is 0.365. The average molecular weight is 225 g/mol. The van der Waals surface area contributed by atoms with Gasteiger partial charge in [-0.05, 0) is 31.1 Å². The van der Waals surface area contributed by atoms with Gasteiger partial charge >= 0.3 is 0 Å². The molecule has 0 aromatic rings. The van der Waals surface area contributed by atoms with E-state index in [-0.39, 0.29) is 6.04 Å². The fraction of sp³-hybridized carbons (Fsp3) is 0.400. The first kappa shape index (κ1) is 11.6. The summed E-state index contributed by atoms with van der Waals surface area (Å²) in [4.78, 5) is 26.3. The third kappa shape index (κ3) is 2.13. The molecule has 2 atom stereocenters. The zero-order chi connectivity index (χ0) is 11.5. The molecule has 1 aliphatic carbocycles. The van der Waals surface area contributed by atoms with Crippen molar-refractivity contribution in [3.63, 3.8) is 0 Å². The second kappa shape index (κ2) is 4.37. The van der Waals surface area contributed by atoms with E-state index in [0.29, 0.717) is 5.57 Å². The molecular weight excluding hydrogens is 216 g/mol. The molecule has 2 unspecified atom stereocenters. The van der Waals surface area contributed by atoms with Crippen molar-refractivity contribution in [2.45, 2.75) is 24.9 Å². The lowest BCUT2D eigenvalue weighted by Crippen LogP contribution is -2.25. The van der Waals surface area contributed by atoms with Crippen molar-refractivity contribution in [3.8, 4) is 0 Å². The molecule has 4 nitrogen and oxygen atoms in total. The van der Waals surface area contributed by atoms with Gasteiger partial charge < -0.3 is 0 Å². The standard InChI is InChI=1S/C10H9ClN2O2/c1-7-8(2)10(11,13-6-15)4-3-9(7)12-5-14/h3-4,9H,1-2H3. The van der Waals surface area contributed by atoms with Gasteiger partial charge in [0.05, 0.1) is 0 Å². The Morgan fingerprint density at radius 1 is 1.40 bits per heavy atom. The Morgan fingerprint density at radius 2 is 2.07 bits per heavy atom. The molecule has 0 N–H and O–H groups in total. The van der Waals surface area contributed by atoms with Gasteiger partial charge in [-0.1, -0.05) is 17.7 Å². The highest BCUT2D eigenvalue weighted by Gasteiger charge is 2.32. The lowest BCUT2D eigenvalue weighted by Gasteiger charge is -2.26. The van der Waals surface area contributed by atoms with Gasteiger partial charge in [0.2, 0.25) is 12.2 Å². The molecule has 0 radical (unpaired) electrons. The van der Waals surface area contributed by atoms with Gasteiger partial charge in [-0.3, -0.25) is 0 Å². The average Bonchev–Trinajstić information content (AvgIpc) is 2.20. The van der Waals surface area contributed by atoms with Crippen molar-refractivity contribution in [1.29, 1.82) is 0 Å². The molecule has 15 heavy (non-hydrogen) atoms. The monoisotopic (exact) mass is 224 g/mol. The number of hydrogen-bond donors (Lipinski definition) is 0. The van der Waals surface area contributed by atoms with E-state index in [1.165, 1.54) is 18.2 Å². The number of halogens is 1. The third-order valence-electron chi connectivity index (χ3n) is 2.46. The van der Waals surface area contributed by atoms with Crippen molar-refractivity contribution in [2.24, 2.45) is 9.98 Å². The van der Waals surface area contributed by atoms with Gasteiger partial charge in [-0.2, -0.15) is 9.98 Å². The van der Waals surface area contributed by atoms with Crippen LogP contribution in [0.3, 0.4) is 0 Å². The van der Waals surface area contributed by atoms with Gasteiger partial charge in [-0.25, -0.2) is 9.59 Å². The fourth-order valence-electron chi connectivity index (χ4n) is 1.37. The largest absolute Gasteiger partial charge is 0.237 e. The fourth-order valence-corrected chi connectivity index (χ4v) is 1.63. The molecule has 0 saturated heterocycles. The molecule has 1 aliphatic rings. The van der Waals surface area contributed by atoms with E-state index in [0.717, 1.165) is 5.57 Å². The molecule has 1 rings (SSSR count). The predicted octanol–water partition coefficient (Wildman–Crippen LogP) is 1.87. The molecule has 78 valence electrons. The summed E-state index contributed by atoms with van der Waals surface area (Å²) in [6, 6.07) is -0.365. The molecule has 0 aromatic heterocycles. The van der Waals surface area contributed by atoms with Crippen LogP contribution in [0.2, 0.25) is 0 Å². The molecule has 0 heterocycles. The maximum absolute atomic E-state index is 10.2. The van der Waals surface area contributed by atoms with Crippen molar-refractivity contribution in [1.82, 2.24) is 0 Å². The summed E-state index contributed by atoms with van der Waals surface area (Å²) in [5.74, 6) is 0. The Labute approximate surface area is 92.1 Å². The molecule has 0 bridgehead atoms. The van der Waals surface area contributed by atoms with Crippen LogP contribution in [-0.4, -0.2) is 23.2 Å². The first-order chi connectivity index (χ1) is 7.05. The summed E-state index contributed by atoms with van der Waals surface area (Å²) in [5, 5.41) is 0. The van der Waals surface area contributed by atoms with E-state index >= 15 is 0 Å². The molecule has 0 amide bonds. The van der Waals surface area contributed by atoms with Crippen LogP contribution in [0.4, 0.5) is 0 Å². The van der Waals surface area contributed by atoms with Gasteiger partial charge in [0.1, 0.15) is 6.04 Å². The van der Waals surface area contributed by atoms with Crippen molar-refractivity contribution < 1.29 is 9.59 Å². The van der Waals surface area contributed by atoms with Crippen molar-refractivity contribution >= 4 is 23.8 Å². The van der Waals surface area contributed by atoms with E-state index in [2.05, 4.69) is 9.98 Å². The first-order valence-corrected chi connectivity index (χ1v) is 4.65. The number of isocyanates is 2. The SMILES string of the molecule is CC1=C(C)C(Cl)(N=C=O)C=CC1N=C=O. The molecule has 5 heteroatoms. The first-order valence-electron chi connectivity index (χ1n) is 4.27. The van der Waals surface area contributed by atoms with Gasteiger partial charge in [0, 0.05) is 0 Å². The van der Waals surface area contributed by atoms with Gasteiger partial charge in [0.25, 0.3) is 0 Å². The highest BCUT2D eigenvalue weighted by atomic mass is 35.5. The quantitative estimate of drug-likeness (QED) is 0.236. The summed E-state index contributed by atoms with van der Waals surface area (Å²) in [7, 11) is 0. The number of hydrogen-bond acceptors (Lipinski definition) is 4. The number of carbonyl (C=O) groups excluding carboxylic acids is 2. The van der Waals surface area contributed by atoms with Crippen LogP contribution in [0.1, 0.15) is 13.8 Å². The lowest BCUT2D eigenvalue weighted by atomic mass is 9.92. The van der Waals surface area contributed by atoms with Crippen molar-refractivity contribution in [3.05, 3.63) is 23.3 Å². The Bertz CT molecular complexity index is 429. The van der Waals surface area contributed by atoms with Crippen LogP contribution in [0, 0.1) is 0 Å². The lowest BCUT2D eigenvalue weighted by molar-refractivity contribution is 0.558. The van der Waals surface area contributed by atoms with Crippen LogP contribution in [-0.2, 0) is 9.59 Å². The van der Waals surface area contributed by atoms with Crippen LogP contribution in [0.5, 0.6) is 0 Å². The van der Waals surface area contributed by atoms with Crippen LogP contribution in [0.15, 0.2) is 33.3 Å². The zero-order valence-electron chi connectivity index (χ0n) is 8.32. The highest BCUT2D eigenvalue weighted by molar-refractivity contribution is 6.27. The summed E-state index contributed by atoms with van der Waals surface area (Å²) in [5.41, 5.74) is 1.47. The maximum Gasteiger partial charge on any atom is 0.237 e. The summed E-state index contributed by atoms with van der Waals surface area (Å²) in [6.07, 6.45) is 6.04. The predicted molar refractivity (Wildman–Crippen MR) is 56.1 cm³/mol. The topological polar surface area (TPSA) is 58.9 Å². The number of nitrogens with zero attached hydrogens (tertiary/aromatic N) is 2. The summed E-state index contributed by atoms with van der Waals surface area (Å²) < 4.78 is 0. The van der Waals surface area contributed by atoms with E-state index in [1.54, 1.807) is 19.9 Å². The molecule has 0 spiro atoms. The third-order valence-corrected chi connectivity index (χ3v) is 2.95. The van der Waals surface area contributed by atoms with E-state index < -0.39 is 5.00 Å². The molecule has 0 fully saturated rings. The maximum atomic E-state index is 10.2. The molecule has 0 aromatic carbocycles. The highest BCUT2D eigenvalue weighted by Crippen LogP contribution is 2.35. The molecular formula is C10H9ClN2O2. The smallest absolute Gasteiger partial charge is 0.211 e. The van der Waals surface area contributed by atoms with Crippen LogP contribution in [0.25, 0.3) is 0 Å². The Kier molecular flexibility index (Phi) is 3.38. The Hall–Kier alpha value is -1.47. The van der Waals surface area contributed by atoms with E-state index in [9.17, 15) is 9.59 Å². The normalized spacial score (nSPS) is 29.4. The van der Waals surface area contributed by atoms with Gasteiger partial charge in [0.15, 0.2) is 5.00 Å². The zero-order valence-corrected chi connectivity index (χ0v) is 9.08. The minimum Gasteiger partial charge on any atom is -0.211 e. The van der Waals surface area contributed by atoms with Crippen molar-refractivity contribution in [2.75, 3.05) is 0 Å². The van der Waals surface area contributed by atoms with Crippen LogP contribution < -0.4 is 0 Å². The second-order valence-electron chi connectivity index (χ2n) is 3.21. The number of alkyl halides is 1. The van der Waals surface area contributed by atoms with Gasteiger partial charge in [-0.15, -0.1) is 0 Å². The number of aliphatic imine (C=N–C) groups is 2. The Balaban J connectivity index is 3.21. The summed E-state index contributed by atoms with van der Waals surface area (Å²) in [6.45, 7) is 3.52. The number of rotatable bonds is 2. The van der Waals surface area contributed by atoms with E-state index in [1.807, 2.05) is 0 Å². The summed E-state index contributed by atoms with van der Waals surface area (Å²) >= 11 is 6.07.